The highest BCUT2D eigenvalue weighted by molar-refractivity contribution is 5.83. The third-order valence-corrected chi connectivity index (χ3v) is 5.36. The SMILES string of the molecule is O=C(O)C1(c2c(O)ccc3c2CCCCC3)CCCCC1. The van der Waals surface area contributed by atoms with Crippen LogP contribution in [0.3, 0.4) is 0 Å². The van der Waals surface area contributed by atoms with E-state index in [1.54, 1.807) is 6.07 Å². The number of benzene rings is 1. The molecule has 0 aliphatic heterocycles. The molecule has 3 nitrogen and oxygen atoms in total. The Morgan fingerprint density at radius 3 is 2.33 bits per heavy atom. The van der Waals surface area contributed by atoms with Crippen LogP contribution in [0.25, 0.3) is 0 Å². The van der Waals surface area contributed by atoms with Crippen LogP contribution in [0.4, 0.5) is 0 Å². The maximum absolute atomic E-state index is 12.1. The second-order valence-electron chi connectivity index (χ2n) is 6.61. The summed E-state index contributed by atoms with van der Waals surface area (Å²) in [5.74, 6) is -0.560. The average molecular weight is 288 g/mol. The molecule has 2 aliphatic rings. The van der Waals surface area contributed by atoms with E-state index >= 15 is 0 Å². The predicted molar refractivity (Wildman–Crippen MR) is 81.8 cm³/mol. The molecular weight excluding hydrogens is 264 g/mol. The van der Waals surface area contributed by atoms with Gasteiger partial charge in [-0.3, -0.25) is 4.79 Å². The minimum absolute atomic E-state index is 0.194. The lowest BCUT2D eigenvalue weighted by molar-refractivity contribution is -0.145. The molecule has 1 aromatic rings. The van der Waals surface area contributed by atoms with Crippen LogP contribution in [0.5, 0.6) is 5.75 Å². The molecule has 0 unspecified atom stereocenters. The molecule has 0 bridgehead atoms. The molecule has 2 N–H and O–H groups in total. The quantitative estimate of drug-likeness (QED) is 0.810. The molecule has 0 atom stereocenters. The van der Waals surface area contributed by atoms with Crippen LogP contribution in [0.15, 0.2) is 12.1 Å². The van der Waals surface area contributed by atoms with Crippen molar-refractivity contribution in [2.45, 2.75) is 69.6 Å². The van der Waals surface area contributed by atoms with Crippen molar-refractivity contribution in [2.24, 2.45) is 0 Å². The van der Waals surface area contributed by atoms with Crippen LogP contribution in [-0.4, -0.2) is 16.2 Å². The fourth-order valence-electron chi connectivity index (χ4n) is 4.25. The van der Waals surface area contributed by atoms with Crippen molar-refractivity contribution in [1.82, 2.24) is 0 Å². The number of aliphatic carboxylic acids is 1. The first-order valence-electron chi connectivity index (χ1n) is 8.23. The standard InChI is InChI=1S/C18H24O3/c19-15-10-9-13-7-3-1-4-8-14(13)16(15)18(17(20)21)11-5-2-6-12-18/h9-10,19H,1-8,11-12H2,(H,20,21). The van der Waals surface area contributed by atoms with Crippen LogP contribution >= 0.6 is 0 Å². The molecule has 21 heavy (non-hydrogen) atoms. The van der Waals surface area contributed by atoms with E-state index in [4.69, 9.17) is 0 Å². The van der Waals surface area contributed by atoms with Gasteiger partial charge in [0.1, 0.15) is 5.75 Å². The molecule has 0 aromatic heterocycles. The first kappa shape index (κ1) is 14.4. The van der Waals surface area contributed by atoms with Crippen LogP contribution in [-0.2, 0) is 23.1 Å². The number of hydrogen-bond donors (Lipinski definition) is 2. The summed E-state index contributed by atoms with van der Waals surface area (Å²) in [6, 6.07) is 3.72. The average Bonchev–Trinajstić information content (AvgIpc) is 2.73. The second-order valence-corrected chi connectivity index (χ2v) is 6.61. The van der Waals surface area contributed by atoms with E-state index in [1.165, 1.54) is 12.0 Å². The highest BCUT2D eigenvalue weighted by atomic mass is 16.4. The summed E-state index contributed by atoms with van der Waals surface area (Å²) in [5.41, 5.74) is 2.27. The Morgan fingerprint density at radius 1 is 0.952 bits per heavy atom. The van der Waals surface area contributed by atoms with Gasteiger partial charge in [-0.25, -0.2) is 0 Å². The molecule has 0 saturated heterocycles. The predicted octanol–water partition coefficient (Wildman–Crippen LogP) is 3.95. The van der Waals surface area contributed by atoms with Crippen molar-refractivity contribution >= 4 is 5.97 Å². The van der Waals surface area contributed by atoms with Crippen molar-refractivity contribution < 1.29 is 15.0 Å². The van der Waals surface area contributed by atoms with Gasteiger partial charge < -0.3 is 10.2 Å². The third-order valence-electron chi connectivity index (χ3n) is 5.36. The lowest BCUT2D eigenvalue weighted by atomic mass is 9.67. The van der Waals surface area contributed by atoms with Gasteiger partial charge in [-0.2, -0.15) is 0 Å². The van der Waals surface area contributed by atoms with E-state index in [9.17, 15) is 15.0 Å². The normalized spacial score (nSPS) is 21.3. The highest BCUT2D eigenvalue weighted by Crippen LogP contribution is 2.46. The number of carboxylic acid groups (broad SMARTS) is 1. The number of carbonyl (C=O) groups is 1. The molecule has 114 valence electrons. The summed E-state index contributed by atoms with van der Waals surface area (Å²) in [6.45, 7) is 0. The third kappa shape index (κ3) is 2.43. The van der Waals surface area contributed by atoms with Crippen LogP contribution in [0.2, 0.25) is 0 Å². The molecule has 0 spiro atoms. The molecule has 1 saturated carbocycles. The Bertz CT molecular complexity index is 542. The fourth-order valence-corrected chi connectivity index (χ4v) is 4.25. The number of phenolic OH excluding ortho intramolecular Hbond substituents is 1. The summed E-state index contributed by atoms with van der Waals surface area (Å²) in [4.78, 5) is 12.1. The molecule has 0 heterocycles. The summed E-state index contributed by atoms with van der Waals surface area (Å²) in [5, 5.41) is 20.4. The summed E-state index contributed by atoms with van der Waals surface area (Å²) < 4.78 is 0. The smallest absolute Gasteiger partial charge is 0.314 e. The van der Waals surface area contributed by atoms with Crippen molar-refractivity contribution in [3.63, 3.8) is 0 Å². The number of phenols is 1. The fraction of sp³-hybridized carbons (Fsp3) is 0.611. The van der Waals surface area contributed by atoms with Gasteiger partial charge in [-0.05, 0) is 55.7 Å². The Labute approximate surface area is 126 Å². The lowest BCUT2D eigenvalue weighted by Gasteiger charge is -2.36. The van der Waals surface area contributed by atoms with E-state index in [1.807, 2.05) is 6.07 Å². The highest BCUT2D eigenvalue weighted by Gasteiger charge is 2.44. The number of aromatic hydroxyl groups is 1. The van der Waals surface area contributed by atoms with Crippen molar-refractivity contribution in [3.05, 3.63) is 28.8 Å². The van der Waals surface area contributed by atoms with E-state index < -0.39 is 11.4 Å². The molecule has 0 radical (unpaired) electrons. The largest absolute Gasteiger partial charge is 0.508 e. The van der Waals surface area contributed by atoms with Crippen LogP contribution in [0.1, 0.15) is 68.1 Å². The monoisotopic (exact) mass is 288 g/mol. The van der Waals surface area contributed by atoms with E-state index in [2.05, 4.69) is 0 Å². The number of rotatable bonds is 2. The summed E-state index contributed by atoms with van der Waals surface area (Å²) in [6.07, 6.45) is 9.67. The van der Waals surface area contributed by atoms with Gasteiger partial charge in [0, 0.05) is 5.56 Å². The topological polar surface area (TPSA) is 57.5 Å². The minimum atomic E-state index is -0.863. The van der Waals surface area contributed by atoms with Gasteiger partial charge in [0.15, 0.2) is 0 Å². The van der Waals surface area contributed by atoms with Gasteiger partial charge in [-0.15, -0.1) is 0 Å². The van der Waals surface area contributed by atoms with E-state index in [0.29, 0.717) is 12.8 Å². The number of carboxylic acids is 1. The zero-order valence-electron chi connectivity index (χ0n) is 12.5. The van der Waals surface area contributed by atoms with Gasteiger partial charge in [0.25, 0.3) is 0 Å². The molecule has 1 fully saturated rings. The first-order valence-corrected chi connectivity index (χ1v) is 8.23. The van der Waals surface area contributed by atoms with Crippen molar-refractivity contribution in [1.29, 1.82) is 0 Å². The molecule has 0 amide bonds. The maximum Gasteiger partial charge on any atom is 0.314 e. The maximum atomic E-state index is 12.1. The number of fused-ring (bicyclic) bond motifs is 1. The van der Waals surface area contributed by atoms with Crippen molar-refractivity contribution in [3.8, 4) is 5.75 Å². The summed E-state index contributed by atoms with van der Waals surface area (Å²) in [7, 11) is 0. The van der Waals surface area contributed by atoms with Gasteiger partial charge >= 0.3 is 5.97 Å². The van der Waals surface area contributed by atoms with Crippen LogP contribution in [0, 0.1) is 0 Å². The first-order chi connectivity index (χ1) is 10.1. The molecule has 2 aliphatic carbocycles. The Hall–Kier alpha value is -1.51. The van der Waals surface area contributed by atoms with E-state index in [0.717, 1.165) is 56.1 Å². The zero-order valence-corrected chi connectivity index (χ0v) is 12.5. The van der Waals surface area contributed by atoms with Gasteiger partial charge in [-0.1, -0.05) is 31.7 Å². The van der Waals surface area contributed by atoms with E-state index in [-0.39, 0.29) is 5.75 Å². The number of aryl methyl sites for hydroxylation is 1. The lowest BCUT2D eigenvalue weighted by Crippen LogP contribution is -2.39. The second kappa shape index (κ2) is 5.70. The Kier molecular flexibility index (Phi) is 3.92. The number of hydrogen-bond acceptors (Lipinski definition) is 2. The van der Waals surface area contributed by atoms with Crippen molar-refractivity contribution in [2.75, 3.05) is 0 Å². The van der Waals surface area contributed by atoms with Gasteiger partial charge in [0.2, 0.25) is 0 Å². The Balaban J connectivity index is 2.17. The zero-order chi connectivity index (χ0) is 14.9. The Morgan fingerprint density at radius 2 is 1.62 bits per heavy atom. The molecular formula is C18H24O3. The summed E-state index contributed by atoms with van der Waals surface area (Å²) >= 11 is 0. The van der Waals surface area contributed by atoms with Crippen LogP contribution < -0.4 is 0 Å². The molecule has 3 rings (SSSR count). The molecule has 1 aromatic carbocycles. The molecule has 3 heteroatoms. The minimum Gasteiger partial charge on any atom is -0.508 e. The van der Waals surface area contributed by atoms with Gasteiger partial charge in [0.05, 0.1) is 5.41 Å².